The van der Waals surface area contributed by atoms with Crippen molar-refractivity contribution in [3.8, 4) is 0 Å². The topological polar surface area (TPSA) is 69.6 Å². The molecule has 0 aromatic carbocycles. The zero-order valence-corrected chi connectivity index (χ0v) is 13.2. The summed E-state index contributed by atoms with van der Waals surface area (Å²) in [5.74, 6) is 0.445. The van der Waals surface area contributed by atoms with E-state index in [0.29, 0.717) is 31.8 Å². The van der Waals surface area contributed by atoms with E-state index in [9.17, 15) is 14.7 Å². The van der Waals surface area contributed by atoms with E-state index in [1.165, 1.54) is 19.3 Å². The SMILES string of the molecule is CCCC1(C(=O)O)CCCN1C(=O)NCC1CCC(C)C1. The largest absolute Gasteiger partial charge is 0.479 e. The molecule has 2 N–H and O–H groups in total. The molecular weight excluding hydrogens is 268 g/mol. The molecule has 1 aliphatic carbocycles. The molecule has 5 nitrogen and oxygen atoms in total. The van der Waals surface area contributed by atoms with E-state index in [1.807, 2.05) is 6.92 Å². The molecule has 2 fully saturated rings. The van der Waals surface area contributed by atoms with Crippen molar-refractivity contribution in [2.24, 2.45) is 11.8 Å². The number of urea groups is 1. The van der Waals surface area contributed by atoms with E-state index in [-0.39, 0.29) is 6.03 Å². The van der Waals surface area contributed by atoms with Gasteiger partial charge < -0.3 is 15.3 Å². The molecule has 1 heterocycles. The van der Waals surface area contributed by atoms with Crippen LogP contribution >= 0.6 is 0 Å². The standard InChI is InChI=1S/C16H28N2O3/c1-3-7-16(14(19)20)8-4-9-18(16)15(21)17-11-13-6-5-12(2)10-13/h12-13H,3-11H2,1-2H3,(H,17,21)(H,19,20). The minimum Gasteiger partial charge on any atom is -0.479 e. The van der Waals surface area contributed by atoms with Crippen molar-refractivity contribution in [2.45, 2.75) is 64.3 Å². The second kappa shape index (κ2) is 6.67. The smallest absolute Gasteiger partial charge is 0.329 e. The summed E-state index contributed by atoms with van der Waals surface area (Å²) in [6.45, 7) is 5.46. The van der Waals surface area contributed by atoms with Gasteiger partial charge in [-0.05, 0) is 43.9 Å². The number of aliphatic carboxylic acids is 1. The Morgan fingerprint density at radius 3 is 2.71 bits per heavy atom. The monoisotopic (exact) mass is 296 g/mol. The van der Waals surface area contributed by atoms with Crippen LogP contribution in [0.5, 0.6) is 0 Å². The molecule has 1 aliphatic heterocycles. The average molecular weight is 296 g/mol. The van der Waals surface area contributed by atoms with Crippen molar-refractivity contribution in [1.29, 1.82) is 0 Å². The van der Waals surface area contributed by atoms with Gasteiger partial charge in [0.2, 0.25) is 0 Å². The number of likely N-dealkylation sites (tertiary alicyclic amines) is 1. The molecule has 5 heteroatoms. The molecule has 1 saturated carbocycles. The van der Waals surface area contributed by atoms with Crippen LogP contribution in [0, 0.1) is 11.8 Å². The predicted octanol–water partition coefficient (Wildman–Crippen LogP) is 2.85. The Labute approximate surface area is 127 Å². The summed E-state index contributed by atoms with van der Waals surface area (Å²) in [5, 5.41) is 12.6. The molecule has 3 unspecified atom stereocenters. The Hall–Kier alpha value is -1.26. The van der Waals surface area contributed by atoms with Crippen LogP contribution in [0.3, 0.4) is 0 Å². The van der Waals surface area contributed by atoms with Gasteiger partial charge >= 0.3 is 12.0 Å². The second-order valence-corrected chi connectivity index (χ2v) is 6.81. The molecular formula is C16H28N2O3. The highest BCUT2D eigenvalue weighted by Gasteiger charge is 2.49. The molecule has 2 amide bonds. The first-order valence-corrected chi connectivity index (χ1v) is 8.28. The second-order valence-electron chi connectivity index (χ2n) is 6.81. The molecule has 0 radical (unpaired) electrons. The van der Waals surface area contributed by atoms with Crippen LogP contribution in [0.1, 0.15) is 58.8 Å². The van der Waals surface area contributed by atoms with Crippen molar-refractivity contribution in [1.82, 2.24) is 10.2 Å². The highest BCUT2D eigenvalue weighted by molar-refractivity contribution is 5.87. The number of carboxylic acids is 1. The Morgan fingerprint density at radius 2 is 2.14 bits per heavy atom. The van der Waals surface area contributed by atoms with Gasteiger partial charge in [0, 0.05) is 13.1 Å². The molecule has 0 bridgehead atoms. The molecule has 0 aromatic heterocycles. The third-order valence-corrected chi connectivity index (χ3v) is 5.14. The minimum absolute atomic E-state index is 0.192. The summed E-state index contributed by atoms with van der Waals surface area (Å²) in [6.07, 6.45) is 6.23. The molecule has 3 atom stereocenters. The van der Waals surface area contributed by atoms with Crippen molar-refractivity contribution in [3.05, 3.63) is 0 Å². The summed E-state index contributed by atoms with van der Waals surface area (Å²) >= 11 is 0. The lowest BCUT2D eigenvalue weighted by Crippen LogP contribution is -2.56. The van der Waals surface area contributed by atoms with Gasteiger partial charge in [-0.1, -0.05) is 26.7 Å². The fourth-order valence-electron chi connectivity index (χ4n) is 4.01. The number of nitrogens with zero attached hydrogens (tertiary/aromatic N) is 1. The molecule has 2 rings (SSSR count). The average Bonchev–Trinajstić information content (AvgIpc) is 3.04. The highest BCUT2D eigenvalue weighted by atomic mass is 16.4. The van der Waals surface area contributed by atoms with Crippen LogP contribution in [-0.2, 0) is 4.79 Å². The first kappa shape index (κ1) is 16.1. The summed E-state index contributed by atoms with van der Waals surface area (Å²) < 4.78 is 0. The molecule has 1 saturated heterocycles. The maximum absolute atomic E-state index is 12.4. The molecule has 2 aliphatic rings. The Morgan fingerprint density at radius 1 is 1.38 bits per heavy atom. The highest BCUT2D eigenvalue weighted by Crippen LogP contribution is 2.34. The van der Waals surface area contributed by atoms with Crippen LogP contribution in [0.15, 0.2) is 0 Å². The van der Waals surface area contributed by atoms with Gasteiger partial charge in [-0.3, -0.25) is 0 Å². The number of rotatable bonds is 5. The number of carbonyl (C=O) groups excluding carboxylic acids is 1. The number of carbonyl (C=O) groups is 2. The number of nitrogens with one attached hydrogen (secondary N) is 1. The maximum atomic E-state index is 12.4. The summed E-state index contributed by atoms with van der Waals surface area (Å²) in [4.78, 5) is 25.7. The number of amides is 2. The van der Waals surface area contributed by atoms with Crippen molar-refractivity contribution in [2.75, 3.05) is 13.1 Å². The lowest BCUT2D eigenvalue weighted by Gasteiger charge is -2.34. The number of hydrogen-bond donors (Lipinski definition) is 2. The van der Waals surface area contributed by atoms with Gasteiger partial charge in [0.1, 0.15) is 5.54 Å². The number of carboxylic acid groups (broad SMARTS) is 1. The third-order valence-electron chi connectivity index (χ3n) is 5.14. The van der Waals surface area contributed by atoms with Crippen LogP contribution in [0.25, 0.3) is 0 Å². The molecule has 21 heavy (non-hydrogen) atoms. The maximum Gasteiger partial charge on any atom is 0.329 e. The predicted molar refractivity (Wildman–Crippen MR) is 81.1 cm³/mol. The fourth-order valence-corrected chi connectivity index (χ4v) is 4.01. The summed E-state index contributed by atoms with van der Waals surface area (Å²) in [5.41, 5.74) is -0.984. The van der Waals surface area contributed by atoms with E-state index in [4.69, 9.17) is 0 Å². The Balaban J connectivity index is 1.95. The first-order chi connectivity index (χ1) is 9.99. The minimum atomic E-state index is -0.984. The van der Waals surface area contributed by atoms with Gasteiger partial charge in [0.25, 0.3) is 0 Å². The van der Waals surface area contributed by atoms with Crippen LogP contribution in [0.2, 0.25) is 0 Å². The van der Waals surface area contributed by atoms with Gasteiger partial charge in [0.15, 0.2) is 0 Å². The van der Waals surface area contributed by atoms with Gasteiger partial charge in [0.05, 0.1) is 0 Å². The lowest BCUT2D eigenvalue weighted by atomic mass is 9.91. The van der Waals surface area contributed by atoms with Crippen molar-refractivity contribution in [3.63, 3.8) is 0 Å². The van der Waals surface area contributed by atoms with Crippen molar-refractivity contribution >= 4 is 12.0 Å². The van der Waals surface area contributed by atoms with Gasteiger partial charge in [-0.15, -0.1) is 0 Å². The van der Waals surface area contributed by atoms with E-state index in [0.717, 1.165) is 18.8 Å². The van der Waals surface area contributed by atoms with Crippen LogP contribution < -0.4 is 5.32 Å². The van der Waals surface area contributed by atoms with Gasteiger partial charge in [-0.25, -0.2) is 9.59 Å². The van der Waals surface area contributed by atoms with E-state index < -0.39 is 11.5 Å². The molecule has 120 valence electrons. The summed E-state index contributed by atoms with van der Waals surface area (Å²) in [7, 11) is 0. The lowest BCUT2D eigenvalue weighted by molar-refractivity contribution is -0.148. The van der Waals surface area contributed by atoms with E-state index >= 15 is 0 Å². The normalized spacial score (nSPS) is 32.4. The van der Waals surface area contributed by atoms with Crippen LogP contribution in [-0.4, -0.2) is 40.6 Å². The Kier molecular flexibility index (Phi) is 5.12. The van der Waals surface area contributed by atoms with Gasteiger partial charge in [-0.2, -0.15) is 0 Å². The first-order valence-electron chi connectivity index (χ1n) is 8.28. The zero-order valence-electron chi connectivity index (χ0n) is 13.2. The zero-order chi connectivity index (χ0) is 15.5. The fraction of sp³-hybridized carbons (Fsp3) is 0.875. The third kappa shape index (κ3) is 3.33. The van der Waals surface area contributed by atoms with E-state index in [1.54, 1.807) is 4.90 Å². The quantitative estimate of drug-likeness (QED) is 0.819. The Bertz CT molecular complexity index is 399. The van der Waals surface area contributed by atoms with Crippen molar-refractivity contribution < 1.29 is 14.7 Å². The number of hydrogen-bond acceptors (Lipinski definition) is 2. The van der Waals surface area contributed by atoms with Crippen LogP contribution in [0.4, 0.5) is 4.79 Å². The molecule has 0 spiro atoms. The van der Waals surface area contributed by atoms with E-state index in [2.05, 4.69) is 12.2 Å². The summed E-state index contributed by atoms with van der Waals surface area (Å²) in [6, 6.07) is -0.192. The molecule has 0 aromatic rings.